The van der Waals surface area contributed by atoms with Crippen LogP contribution in [0.2, 0.25) is 0 Å². The molecule has 6 atom stereocenters. The van der Waals surface area contributed by atoms with Crippen molar-refractivity contribution in [2.45, 2.75) is 109 Å². The first kappa shape index (κ1) is 45.2. The summed E-state index contributed by atoms with van der Waals surface area (Å²) in [4.78, 5) is 74.4. The molecule has 0 radical (unpaired) electrons. The molecule has 3 aliphatic heterocycles. The number of likely N-dealkylation sites (tertiary alicyclic amines) is 2. The summed E-state index contributed by atoms with van der Waals surface area (Å²) < 4.78 is 51.0. The van der Waals surface area contributed by atoms with E-state index in [1.54, 1.807) is 9.80 Å². The number of methoxy groups -OCH3 is 2. The minimum atomic E-state index is -4.49. The molecule has 5 heterocycles. The SMILES string of the molecule is COC(=O)N[C@H](C(=O)N1CCC[C@H]1c1nc2ccc(C3CCC(c4ccc5nc([C@@H]6CCCN6C(=O)[C@@H](NC(=O)OC)C(C)C)[nH]c5c4)N3c3ccc(C(F)(F)F)cc3)cc2[nH]1)C(C)C. The van der Waals surface area contributed by atoms with Gasteiger partial charge < -0.3 is 44.8 Å². The van der Waals surface area contributed by atoms with E-state index in [-0.39, 0.29) is 47.8 Å². The molecule has 3 saturated heterocycles. The number of ether oxygens (including phenoxy) is 2. The molecular weight excluding hydrogens is 844 g/mol. The lowest BCUT2D eigenvalue weighted by Gasteiger charge is -2.33. The van der Waals surface area contributed by atoms with E-state index >= 15 is 0 Å². The van der Waals surface area contributed by atoms with Crippen LogP contribution in [0.1, 0.15) is 119 Å². The number of nitrogens with one attached hydrogen (secondary N) is 4. The standard InChI is InChI=1S/C47H56F3N9O6/c1-25(2)39(55-45(62)64-5)43(60)57-21-7-9-37(57)41-51-31-17-11-27(23-33(31)53-41)35-19-20-36(59(35)30-15-13-29(14-16-30)47(48,49)50)28-12-18-32-34(24-28)54-42(52-32)38-10-8-22-58(38)44(61)40(26(3)4)56-46(63)65-6/h11-18,23-26,35-40H,7-10,19-22H2,1-6H3,(H,51,53)(H,52,54)(H,55,62)(H,56,63)/t35?,36?,37-,38-,39-,40-/m0/s1. The summed E-state index contributed by atoms with van der Waals surface area (Å²) in [6.45, 7) is 8.50. The third-order valence-corrected chi connectivity index (χ3v) is 13.2. The van der Waals surface area contributed by atoms with E-state index in [9.17, 15) is 32.3 Å². The monoisotopic (exact) mass is 899 g/mol. The van der Waals surface area contributed by atoms with Gasteiger partial charge in [0.2, 0.25) is 11.8 Å². The van der Waals surface area contributed by atoms with Crippen LogP contribution in [0.3, 0.4) is 0 Å². The largest absolute Gasteiger partial charge is 0.453 e. The van der Waals surface area contributed by atoms with Crippen LogP contribution in [0, 0.1) is 11.8 Å². The number of nitrogens with zero attached hydrogens (tertiary/aromatic N) is 5. The minimum absolute atomic E-state index is 0.176. The fourth-order valence-corrected chi connectivity index (χ4v) is 9.86. The maximum atomic E-state index is 13.8. The first-order valence-corrected chi connectivity index (χ1v) is 22.3. The number of carbonyl (C=O) groups is 4. The van der Waals surface area contributed by atoms with Crippen molar-refractivity contribution in [1.82, 2.24) is 40.4 Å². The topological polar surface area (TPSA) is 178 Å². The molecule has 4 N–H and O–H groups in total. The van der Waals surface area contributed by atoms with E-state index in [4.69, 9.17) is 19.4 Å². The quantitative estimate of drug-likeness (QED) is 0.101. The molecule has 5 aromatic rings. The summed E-state index contributed by atoms with van der Waals surface area (Å²) in [5.41, 5.74) is 4.79. The van der Waals surface area contributed by atoms with E-state index in [1.165, 1.54) is 26.4 Å². The van der Waals surface area contributed by atoms with E-state index in [1.807, 2.05) is 64.1 Å². The van der Waals surface area contributed by atoms with Gasteiger partial charge in [0.15, 0.2) is 0 Å². The number of H-pyrrole nitrogens is 2. The first-order chi connectivity index (χ1) is 31.1. The average molecular weight is 900 g/mol. The Bertz CT molecular complexity index is 2410. The summed E-state index contributed by atoms with van der Waals surface area (Å²) >= 11 is 0. The number of hydrogen-bond donors (Lipinski definition) is 4. The van der Waals surface area contributed by atoms with Crippen LogP contribution in [-0.4, -0.2) is 93.1 Å². The van der Waals surface area contributed by atoms with Crippen LogP contribution in [0.4, 0.5) is 28.4 Å². The van der Waals surface area contributed by atoms with Crippen molar-refractivity contribution in [2.24, 2.45) is 11.8 Å². The summed E-state index contributed by atoms with van der Waals surface area (Å²) in [5.74, 6) is 0.519. The highest BCUT2D eigenvalue weighted by atomic mass is 19.4. The number of aromatic amines is 2. The molecule has 2 unspecified atom stereocenters. The number of aromatic nitrogens is 4. The molecule has 3 aliphatic rings. The Kier molecular flexibility index (Phi) is 12.7. The van der Waals surface area contributed by atoms with Gasteiger partial charge in [-0.3, -0.25) is 9.59 Å². The highest BCUT2D eigenvalue weighted by Gasteiger charge is 2.41. The number of anilines is 1. The van der Waals surface area contributed by atoms with E-state index in [0.717, 1.165) is 47.1 Å². The highest BCUT2D eigenvalue weighted by Crippen LogP contribution is 2.48. The van der Waals surface area contributed by atoms with Crippen LogP contribution in [0.5, 0.6) is 0 Å². The molecule has 346 valence electrons. The fourth-order valence-electron chi connectivity index (χ4n) is 9.86. The van der Waals surface area contributed by atoms with Crippen LogP contribution >= 0.6 is 0 Å². The Morgan fingerprint density at radius 1 is 0.646 bits per heavy atom. The van der Waals surface area contributed by atoms with E-state index < -0.39 is 36.0 Å². The van der Waals surface area contributed by atoms with Crippen molar-refractivity contribution in [2.75, 3.05) is 32.2 Å². The summed E-state index contributed by atoms with van der Waals surface area (Å²) in [6, 6.07) is 14.6. The Balaban J connectivity index is 1.09. The van der Waals surface area contributed by atoms with E-state index in [2.05, 4.69) is 25.5 Å². The Labute approximate surface area is 374 Å². The van der Waals surface area contributed by atoms with Gasteiger partial charge in [-0.05, 0) is 110 Å². The Morgan fingerprint density at radius 2 is 1.08 bits per heavy atom. The maximum absolute atomic E-state index is 13.8. The van der Waals surface area contributed by atoms with Gasteiger partial charge in [-0.15, -0.1) is 0 Å². The number of hydrogen-bond acceptors (Lipinski definition) is 9. The number of benzene rings is 3. The molecule has 0 bridgehead atoms. The summed E-state index contributed by atoms with van der Waals surface area (Å²) in [6.07, 6.45) is -1.50. The molecule has 15 nitrogen and oxygen atoms in total. The van der Waals surface area contributed by atoms with Gasteiger partial charge in [-0.1, -0.05) is 39.8 Å². The van der Waals surface area contributed by atoms with Gasteiger partial charge in [0.1, 0.15) is 23.7 Å². The third kappa shape index (κ3) is 9.03. The normalized spacial score (nSPS) is 21.1. The summed E-state index contributed by atoms with van der Waals surface area (Å²) in [5, 5.41) is 5.37. The number of carbonyl (C=O) groups excluding carboxylic acids is 4. The van der Waals surface area contributed by atoms with Gasteiger partial charge in [-0.2, -0.15) is 13.2 Å². The van der Waals surface area contributed by atoms with Gasteiger partial charge >= 0.3 is 18.4 Å². The van der Waals surface area contributed by atoms with Crippen molar-refractivity contribution in [3.63, 3.8) is 0 Å². The van der Waals surface area contributed by atoms with Gasteiger partial charge in [0.05, 0.1) is 66.0 Å². The predicted octanol–water partition coefficient (Wildman–Crippen LogP) is 8.63. The van der Waals surface area contributed by atoms with Gasteiger partial charge in [-0.25, -0.2) is 19.6 Å². The number of rotatable bonds is 11. The zero-order valence-electron chi connectivity index (χ0n) is 37.4. The molecule has 65 heavy (non-hydrogen) atoms. The van der Waals surface area contributed by atoms with Crippen LogP contribution in [0.25, 0.3) is 22.1 Å². The van der Waals surface area contributed by atoms with Crippen molar-refractivity contribution >= 4 is 51.8 Å². The average Bonchev–Trinajstić information content (AvgIpc) is 4.14. The van der Waals surface area contributed by atoms with E-state index in [0.29, 0.717) is 67.1 Å². The van der Waals surface area contributed by atoms with Gasteiger partial charge in [0, 0.05) is 18.8 Å². The molecule has 3 aromatic carbocycles. The zero-order valence-corrected chi connectivity index (χ0v) is 37.4. The lowest BCUT2D eigenvalue weighted by Crippen LogP contribution is -2.51. The Hall–Kier alpha value is -6.33. The molecule has 0 saturated carbocycles. The molecule has 0 spiro atoms. The number of amides is 4. The molecular formula is C47H56F3N9O6. The number of imidazole rings is 2. The lowest BCUT2D eigenvalue weighted by atomic mass is 10.0. The second kappa shape index (κ2) is 18.3. The Morgan fingerprint density at radius 3 is 1.46 bits per heavy atom. The number of alkyl carbamates (subject to hydrolysis) is 2. The molecule has 0 aliphatic carbocycles. The fraction of sp³-hybridized carbons (Fsp3) is 0.489. The number of alkyl halides is 3. The van der Waals surface area contributed by atoms with Crippen molar-refractivity contribution in [3.8, 4) is 0 Å². The van der Waals surface area contributed by atoms with Crippen LogP contribution in [0.15, 0.2) is 60.7 Å². The number of halogens is 3. The van der Waals surface area contributed by atoms with Crippen LogP contribution in [-0.2, 0) is 25.2 Å². The molecule has 8 rings (SSSR count). The molecule has 18 heteroatoms. The van der Waals surface area contributed by atoms with Crippen molar-refractivity contribution in [3.05, 3.63) is 89.0 Å². The zero-order chi connectivity index (χ0) is 46.3. The third-order valence-electron chi connectivity index (χ3n) is 13.2. The highest BCUT2D eigenvalue weighted by molar-refractivity contribution is 5.87. The van der Waals surface area contributed by atoms with Gasteiger partial charge in [0.25, 0.3) is 0 Å². The second-order valence-corrected chi connectivity index (χ2v) is 18.0. The second-order valence-electron chi connectivity index (χ2n) is 18.0. The molecule has 3 fully saturated rings. The molecule has 4 amide bonds. The van der Waals surface area contributed by atoms with Crippen molar-refractivity contribution < 1.29 is 41.8 Å². The predicted molar refractivity (Wildman–Crippen MR) is 237 cm³/mol. The first-order valence-electron chi connectivity index (χ1n) is 22.3. The minimum Gasteiger partial charge on any atom is -0.453 e. The number of fused-ring (bicyclic) bond motifs is 2. The molecule has 2 aromatic heterocycles. The summed E-state index contributed by atoms with van der Waals surface area (Å²) in [7, 11) is 2.52. The lowest BCUT2D eigenvalue weighted by molar-refractivity contribution is -0.138. The smallest absolute Gasteiger partial charge is 0.416 e. The van der Waals surface area contributed by atoms with Crippen LogP contribution < -0.4 is 15.5 Å². The maximum Gasteiger partial charge on any atom is 0.416 e. The van der Waals surface area contributed by atoms with Crippen molar-refractivity contribution in [1.29, 1.82) is 0 Å².